The van der Waals surface area contributed by atoms with Crippen LogP contribution in [0.3, 0.4) is 0 Å². The van der Waals surface area contributed by atoms with E-state index >= 15 is 0 Å². The first-order valence-corrected chi connectivity index (χ1v) is 11.0. The van der Waals surface area contributed by atoms with Gasteiger partial charge < -0.3 is 20.1 Å². The van der Waals surface area contributed by atoms with E-state index in [1.165, 1.54) is 18.2 Å². The van der Waals surface area contributed by atoms with E-state index in [2.05, 4.69) is 10.3 Å². The molecule has 1 amide bonds. The van der Waals surface area contributed by atoms with Crippen molar-refractivity contribution in [3.05, 3.63) is 107 Å². The van der Waals surface area contributed by atoms with Gasteiger partial charge in [-0.2, -0.15) is 5.26 Å². The lowest BCUT2D eigenvalue weighted by molar-refractivity contribution is -0.117. The first kappa shape index (κ1) is 23.3. The Balaban J connectivity index is 1.31. The van der Waals surface area contributed by atoms with Crippen LogP contribution >= 0.6 is 0 Å². The lowest BCUT2D eigenvalue weighted by Gasteiger charge is -2.07. The van der Waals surface area contributed by atoms with E-state index in [1.807, 2.05) is 36.5 Å². The van der Waals surface area contributed by atoms with Gasteiger partial charge in [-0.15, -0.1) is 0 Å². The molecule has 7 nitrogen and oxygen atoms in total. The number of H-pyrrole nitrogens is 1. The maximum absolute atomic E-state index is 12.5. The van der Waals surface area contributed by atoms with E-state index in [-0.39, 0.29) is 17.7 Å². The van der Waals surface area contributed by atoms with Crippen molar-refractivity contribution < 1.29 is 19.4 Å². The molecule has 3 aromatic carbocycles. The fraction of sp³-hybridized carbons (Fsp3) is 0.107. The summed E-state index contributed by atoms with van der Waals surface area (Å²) in [6.07, 6.45) is 4.13. The summed E-state index contributed by atoms with van der Waals surface area (Å²) in [6.45, 7) is 0.706. The van der Waals surface area contributed by atoms with Crippen LogP contribution in [0.1, 0.15) is 27.0 Å². The zero-order chi connectivity index (χ0) is 24.6. The number of hydrogen-bond donors (Lipinski definition) is 3. The van der Waals surface area contributed by atoms with Crippen LogP contribution in [0.25, 0.3) is 17.0 Å². The van der Waals surface area contributed by atoms with Crippen LogP contribution < -0.4 is 10.1 Å². The number of fused-ring (bicyclic) bond motifs is 1. The standard InChI is InChI=1S/C28H23N3O4/c29-16-23(27(32)30-14-13-22-17-31-26-4-2-1-3-25(22)26)15-19-7-11-24(12-8-19)35-18-20-5-9-21(10-6-20)28(33)34/h1-12,15,17,31H,13-14,18H2,(H,30,32)(H,33,34)/b23-15-. The summed E-state index contributed by atoms with van der Waals surface area (Å²) in [6, 6.07) is 23.4. The number of amides is 1. The summed E-state index contributed by atoms with van der Waals surface area (Å²) in [4.78, 5) is 26.6. The van der Waals surface area contributed by atoms with Gasteiger partial charge >= 0.3 is 5.97 Å². The molecule has 7 heteroatoms. The van der Waals surface area contributed by atoms with E-state index in [0.29, 0.717) is 24.3 Å². The number of aromatic nitrogens is 1. The summed E-state index contributed by atoms with van der Waals surface area (Å²) < 4.78 is 5.73. The number of ether oxygens (including phenoxy) is 1. The van der Waals surface area contributed by atoms with Crippen molar-refractivity contribution in [2.75, 3.05) is 6.54 Å². The van der Waals surface area contributed by atoms with E-state index in [0.717, 1.165) is 22.0 Å². The van der Waals surface area contributed by atoms with E-state index in [1.54, 1.807) is 36.4 Å². The van der Waals surface area contributed by atoms with Crippen LogP contribution in [-0.4, -0.2) is 28.5 Å². The third-order valence-corrected chi connectivity index (χ3v) is 5.52. The van der Waals surface area contributed by atoms with Gasteiger partial charge in [-0.3, -0.25) is 4.79 Å². The second kappa shape index (κ2) is 10.9. The number of carbonyl (C=O) groups excluding carboxylic acids is 1. The van der Waals surface area contributed by atoms with Crippen LogP contribution in [0, 0.1) is 11.3 Å². The molecule has 3 N–H and O–H groups in total. The first-order valence-electron chi connectivity index (χ1n) is 11.0. The van der Waals surface area contributed by atoms with Crippen molar-refractivity contribution in [2.45, 2.75) is 13.0 Å². The maximum Gasteiger partial charge on any atom is 0.335 e. The Bertz CT molecular complexity index is 1410. The quantitative estimate of drug-likeness (QED) is 0.245. The monoisotopic (exact) mass is 465 g/mol. The predicted octanol–water partition coefficient (Wildman–Crippen LogP) is 4.71. The fourth-order valence-corrected chi connectivity index (χ4v) is 3.63. The van der Waals surface area contributed by atoms with Crippen molar-refractivity contribution >= 4 is 28.9 Å². The molecule has 0 spiro atoms. The SMILES string of the molecule is N#C/C(=C/c1ccc(OCc2ccc(C(=O)O)cc2)cc1)C(=O)NCCc1c[nH]c2ccccc12. The highest BCUT2D eigenvalue weighted by Gasteiger charge is 2.10. The number of aromatic carboxylic acids is 1. The van der Waals surface area contributed by atoms with Gasteiger partial charge in [0.15, 0.2) is 0 Å². The highest BCUT2D eigenvalue weighted by Crippen LogP contribution is 2.18. The average molecular weight is 466 g/mol. The minimum Gasteiger partial charge on any atom is -0.489 e. The Hall–Kier alpha value is -4.83. The summed E-state index contributed by atoms with van der Waals surface area (Å²) >= 11 is 0. The van der Waals surface area contributed by atoms with Gasteiger partial charge in [0.2, 0.25) is 0 Å². The van der Waals surface area contributed by atoms with Crippen LogP contribution in [0.15, 0.2) is 84.6 Å². The molecule has 0 saturated heterocycles. The number of carboxylic acid groups (broad SMARTS) is 1. The van der Waals surface area contributed by atoms with Gasteiger partial charge in [0.25, 0.3) is 5.91 Å². The molecule has 0 saturated carbocycles. The molecular formula is C28H23N3O4. The minimum atomic E-state index is -0.971. The Morgan fingerprint density at radius 2 is 1.77 bits per heavy atom. The lowest BCUT2D eigenvalue weighted by Crippen LogP contribution is -2.26. The molecule has 0 aliphatic rings. The highest BCUT2D eigenvalue weighted by atomic mass is 16.5. The van der Waals surface area contributed by atoms with Gasteiger partial charge in [0.05, 0.1) is 5.56 Å². The molecule has 0 fully saturated rings. The molecule has 4 rings (SSSR count). The van der Waals surface area contributed by atoms with Crippen LogP contribution in [0.2, 0.25) is 0 Å². The third-order valence-electron chi connectivity index (χ3n) is 5.52. The van der Waals surface area contributed by atoms with Crippen molar-refractivity contribution in [3.63, 3.8) is 0 Å². The highest BCUT2D eigenvalue weighted by molar-refractivity contribution is 6.01. The number of carboxylic acids is 1. The van der Waals surface area contributed by atoms with Crippen LogP contribution in [0.5, 0.6) is 5.75 Å². The Labute approximate surface area is 202 Å². The zero-order valence-electron chi connectivity index (χ0n) is 18.8. The van der Waals surface area contributed by atoms with Gasteiger partial charge in [-0.05, 0) is 59.5 Å². The van der Waals surface area contributed by atoms with Gasteiger partial charge in [-0.1, -0.05) is 42.5 Å². The van der Waals surface area contributed by atoms with Crippen molar-refractivity contribution in [2.24, 2.45) is 0 Å². The number of nitriles is 1. The van der Waals surface area contributed by atoms with Crippen molar-refractivity contribution in [1.82, 2.24) is 10.3 Å². The number of aromatic amines is 1. The summed E-state index contributed by atoms with van der Waals surface area (Å²) in [5, 5.41) is 22.3. The molecule has 0 unspecified atom stereocenters. The van der Waals surface area contributed by atoms with Crippen molar-refractivity contribution in [1.29, 1.82) is 5.26 Å². The predicted molar refractivity (Wildman–Crippen MR) is 133 cm³/mol. The average Bonchev–Trinajstić information content (AvgIpc) is 3.30. The van der Waals surface area contributed by atoms with Crippen LogP contribution in [-0.2, 0) is 17.8 Å². The molecule has 0 bridgehead atoms. The first-order chi connectivity index (χ1) is 17.0. The second-order valence-electron chi connectivity index (χ2n) is 7.90. The number of carbonyl (C=O) groups is 2. The normalized spacial score (nSPS) is 11.1. The topological polar surface area (TPSA) is 115 Å². The molecule has 0 atom stereocenters. The van der Waals surface area contributed by atoms with Gasteiger partial charge in [-0.25, -0.2) is 4.79 Å². The molecule has 4 aromatic rings. The number of nitrogens with zero attached hydrogens (tertiary/aromatic N) is 1. The molecule has 1 heterocycles. The molecule has 35 heavy (non-hydrogen) atoms. The second-order valence-corrected chi connectivity index (χ2v) is 7.90. The molecule has 0 radical (unpaired) electrons. The largest absolute Gasteiger partial charge is 0.489 e. The third kappa shape index (κ3) is 5.95. The molecule has 174 valence electrons. The number of benzene rings is 3. The molecule has 0 aliphatic heterocycles. The number of rotatable bonds is 9. The molecular weight excluding hydrogens is 442 g/mol. The Kier molecular flexibility index (Phi) is 7.24. The number of para-hydroxylation sites is 1. The van der Waals surface area contributed by atoms with Crippen molar-refractivity contribution in [3.8, 4) is 11.8 Å². The Morgan fingerprint density at radius 3 is 2.49 bits per heavy atom. The summed E-state index contributed by atoms with van der Waals surface area (Å²) in [5.41, 5.74) is 3.95. The van der Waals surface area contributed by atoms with Gasteiger partial charge in [0.1, 0.15) is 24.0 Å². The maximum atomic E-state index is 12.5. The van der Waals surface area contributed by atoms with E-state index in [4.69, 9.17) is 9.84 Å². The smallest absolute Gasteiger partial charge is 0.335 e. The zero-order valence-corrected chi connectivity index (χ0v) is 18.8. The molecule has 0 aliphatic carbocycles. The fourth-order valence-electron chi connectivity index (χ4n) is 3.63. The molecule has 1 aromatic heterocycles. The summed E-state index contributed by atoms with van der Waals surface area (Å²) in [5.74, 6) is -0.774. The van der Waals surface area contributed by atoms with Crippen LogP contribution in [0.4, 0.5) is 0 Å². The Morgan fingerprint density at radius 1 is 1.03 bits per heavy atom. The van der Waals surface area contributed by atoms with E-state index < -0.39 is 11.9 Å². The minimum absolute atomic E-state index is 0.0242. The number of nitrogens with one attached hydrogen (secondary N) is 2. The summed E-state index contributed by atoms with van der Waals surface area (Å²) in [7, 11) is 0. The van der Waals surface area contributed by atoms with E-state index in [9.17, 15) is 14.9 Å². The lowest BCUT2D eigenvalue weighted by atomic mass is 10.1. The number of hydrogen-bond acceptors (Lipinski definition) is 4. The van der Waals surface area contributed by atoms with Gasteiger partial charge in [0, 0.05) is 23.6 Å².